The molecule has 0 aromatic carbocycles. The van der Waals surface area contributed by atoms with Crippen LogP contribution in [0.1, 0.15) is 47.0 Å². The van der Waals surface area contributed by atoms with E-state index in [-0.39, 0.29) is 23.8 Å². The molecule has 0 bridgehead atoms. The normalized spacial score (nSPS) is 27.6. The van der Waals surface area contributed by atoms with Crippen LogP contribution in [0, 0.1) is 5.92 Å². The zero-order valence-corrected chi connectivity index (χ0v) is 13.7. The first-order chi connectivity index (χ1) is 9.87. The van der Waals surface area contributed by atoms with Crippen LogP contribution in [-0.4, -0.2) is 59.5 Å². The maximum atomic E-state index is 13.0. The number of likely N-dealkylation sites (tertiary alicyclic amines) is 1. The van der Waals surface area contributed by atoms with Gasteiger partial charge in [-0.2, -0.15) is 0 Å². The number of morpholine rings is 1. The van der Waals surface area contributed by atoms with Crippen molar-refractivity contribution in [2.75, 3.05) is 26.2 Å². The Bertz CT molecular complexity index is 408. The minimum absolute atomic E-state index is 0.0396. The van der Waals surface area contributed by atoms with Gasteiger partial charge in [-0.1, -0.05) is 13.8 Å². The first kappa shape index (κ1) is 16.3. The Balaban J connectivity index is 2.22. The molecule has 0 radical (unpaired) electrons. The van der Waals surface area contributed by atoms with E-state index < -0.39 is 5.60 Å². The molecule has 5 nitrogen and oxygen atoms in total. The fourth-order valence-electron chi connectivity index (χ4n) is 3.27. The van der Waals surface area contributed by atoms with Crippen molar-refractivity contribution in [3.63, 3.8) is 0 Å². The lowest BCUT2D eigenvalue weighted by molar-refractivity contribution is -0.176. The number of amides is 2. The summed E-state index contributed by atoms with van der Waals surface area (Å²) in [4.78, 5) is 29.0. The van der Waals surface area contributed by atoms with Gasteiger partial charge >= 0.3 is 0 Å². The lowest BCUT2D eigenvalue weighted by Gasteiger charge is -2.43. The van der Waals surface area contributed by atoms with Gasteiger partial charge in [0, 0.05) is 25.0 Å². The summed E-state index contributed by atoms with van der Waals surface area (Å²) >= 11 is 0. The molecule has 1 unspecified atom stereocenters. The van der Waals surface area contributed by atoms with Crippen LogP contribution in [0.15, 0.2) is 0 Å². The molecule has 2 fully saturated rings. The molecular formula is C16H28N2O3. The molecule has 0 aliphatic carbocycles. The topological polar surface area (TPSA) is 49.9 Å². The van der Waals surface area contributed by atoms with Gasteiger partial charge in [0.05, 0.1) is 13.2 Å². The molecule has 0 saturated carbocycles. The van der Waals surface area contributed by atoms with Gasteiger partial charge in [-0.3, -0.25) is 9.59 Å². The van der Waals surface area contributed by atoms with Crippen molar-refractivity contribution in [2.45, 2.75) is 58.6 Å². The molecule has 0 aromatic rings. The third-order valence-corrected chi connectivity index (χ3v) is 4.50. The Morgan fingerprint density at radius 3 is 2.52 bits per heavy atom. The fraction of sp³-hybridized carbons (Fsp3) is 0.875. The van der Waals surface area contributed by atoms with Gasteiger partial charge in [0.1, 0.15) is 0 Å². The first-order valence-electron chi connectivity index (χ1n) is 8.11. The largest absolute Gasteiger partial charge is 0.361 e. The predicted octanol–water partition coefficient (Wildman–Crippen LogP) is 1.66. The second-order valence-corrected chi connectivity index (χ2v) is 6.81. The van der Waals surface area contributed by atoms with Gasteiger partial charge in [-0.15, -0.1) is 0 Å². The molecule has 2 saturated heterocycles. The van der Waals surface area contributed by atoms with Gasteiger partial charge in [-0.05, 0) is 33.1 Å². The second kappa shape index (κ2) is 6.34. The highest BCUT2D eigenvalue weighted by molar-refractivity contribution is 5.87. The van der Waals surface area contributed by atoms with Crippen LogP contribution in [0.3, 0.4) is 0 Å². The highest BCUT2D eigenvalue weighted by atomic mass is 16.5. The highest BCUT2D eigenvalue weighted by Gasteiger charge is 2.48. The van der Waals surface area contributed by atoms with Crippen molar-refractivity contribution in [1.82, 2.24) is 9.80 Å². The Kier molecular flexibility index (Phi) is 4.91. The van der Waals surface area contributed by atoms with E-state index in [0.717, 1.165) is 25.8 Å². The summed E-state index contributed by atoms with van der Waals surface area (Å²) in [6, 6.07) is 0.173. The van der Waals surface area contributed by atoms with E-state index in [1.165, 1.54) is 0 Å². The van der Waals surface area contributed by atoms with Gasteiger partial charge in [-0.25, -0.2) is 0 Å². The molecule has 2 heterocycles. The summed E-state index contributed by atoms with van der Waals surface area (Å²) in [6.07, 6.45) is 2.70. The van der Waals surface area contributed by atoms with Crippen LogP contribution < -0.4 is 0 Å². The Morgan fingerprint density at radius 1 is 1.19 bits per heavy atom. The summed E-state index contributed by atoms with van der Waals surface area (Å²) in [5.74, 6) is 0.143. The summed E-state index contributed by atoms with van der Waals surface area (Å²) in [5, 5.41) is 0. The number of nitrogens with zero attached hydrogens (tertiary/aromatic N) is 2. The quantitative estimate of drug-likeness (QED) is 0.779. The van der Waals surface area contributed by atoms with Crippen LogP contribution >= 0.6 is 0 Å². The van der Waals surface area contributed by atoms with E-state index in [1.807, 2.05) is 37.5 Å². The average molecular weight is 296 g/mol. The minimum Gasteiger partial charge on any atom is -0.361 e. The van der Waals surface area contributed by atoms with Gasteiger partial charge in [0.15, 0.2) is 5.60 Å². The van der Waals surface area contributed by atoms with E-state index >= 15 is 0 Å². The lowest BCUT2D eigenvalue weighted by atomic mass is 9.93. The molecule has 2 amide bonds. The predicted molar refractivity (Wildman–Crippen MR) is 80.8 cm³/mol. The summed E-state index contributed by atoms with van der Waals surface area (Å²) in [5.41, 5.74) is -0.816. The van der Waals surface area contributed by atoms with Gasteiger partial charge in [0.2, 0.25) is 5.91 Å². The summed E-state index contributed by atoms with van der Waals surface area (Å²) in [6.45, 7) is 10.1. The van der Waals surface area contributed by atoms with E-state index in [1.54, 1.807) is 0 Å². The Morgan fingerprint density at radius 2 is 1.90 bits per heavy atom. The number of hydrogen-bond donors (Lipinski definition) is 0. The van der Waals surface area contributed by atoms with Gasteiger partial charge < -0.3 is 14.5 Å². The average Bonchev–Trinajstić information content (AvgIpc) is 2.59. The van der Waals surface area contributed by atoms with Crippen LogP contribution in [0.5, 0.6) is 0 Å². The van der Waals surface area contributed by atoms with Crippen LogP contribution in [0.2, 0.25) is 0 Å². The number of rotatable bonds is 2. The molecule has 120 valence electrons. The molecule has 1 spiro atoms. The number of hydrogen-bond acceptors (Lipinski definition) is 3. The molecule has 2 rings (SSSR count). The fourth-order valence-corrected chi connectivity index (χ4v) is 3.27. The Hall–Kier alpha value is -1.10. The standard InChI is InChI=1S/C16H28N2O3/c1-12(2)14(19)17-9-10-21-16(11-17)7-5-6-8-18(13(3)4)15(16)20/h12-13H,5-11H2,1-4H3. The summed E-state index contributed by atoms with van der Waals surface area (Å²) in [7, 11) is 0. The van der Waals surface area contributed by atoms with Crippen molar-refractivity contribution >= 4 is 11.8 Å². The first-order valence-corrected chi connectivity index (χ1v) is 8.11. The summed E-state index contributed by atoms with van der Waals surface area (Å²) < 4.78 is 5.95. The molecule has 2 aliphatic heterocycles. The van der Waals surface area contributed by atoms with E-state index in [4.69, 9.17) is 4.74 Å². The van der Waals surface area contributed by atoms with Crippen molar-refractivity contribution in [1.29, 1.82) is 0 Å². The van der Waals surface area contributed by atoms with Crippen molar-refractivity contribution < 1.29 is 14.3 Å². The zero-order chi connectivity index (χ0) is 15.6. The third-order valence-electron chi connectivity index (χ3n) is 4.50. The van der Waals surface area contributed by atoms with E-state index in [0.29, 0.717) is 19.7 Å². The second-order valence-electron chi connectivity index (χ2n) is 6.81. The zero-order valence-electron chi connectivity index (χ0n) is 13.7. The minimum atomic E-state index is -0.816. The van der Waals surface area contributed by atoms with E-state index in [9.17, 15) is 9.59 Å². The molecule has 0 N–H and O–H groups in total. The molecular weight excluding hydrogens is 268 g/mol. The number of ether oxygens (including phenoxy) is 1. The molecule has 2 aliphatic rings. The number of carbonyl (C=O) groups excluding carboxylic acids is 2. The highest BCUT2D eigenvalue weighted by Crippen LogP contribution is 2.31. The monoisotopic (exact) mass is 296 g/mol. The van der Waals surface area contributed by atoms with Gasteiger partial charge in [0.25, 0.3) is 5.91 Å². The van der Waals surface area contributed by atoms with Crippen molar-refractivity contribution in [3.05, 3.63) is 0 Å². The third kappa shape index (κ3) is 3.23. The molecule has 1 atom stereocenters. The van der Waals surface area contributed by atoms with E-state index in [2.05, 4.69) is 0 Å². The smallest absolute Gasteiger partial charge is 0.256 e. The lowest BCUT2D eigenvalue weighted by Crippen LogP contribution is -2.62. The maximum absolute atomic E-state index is 13.0. The van der Waals surface area contributed by atoms with Crippen LogP contribution in [0.25, 0.3) is 0 Å². The van der Waals surface area contributed by atoms with Crippen molar-refractivity contribution in [2.24, 2.45) is 5.92 Å². The van der Waals surface area contributed by atoms with Crippen LogP contribution in [0.4, 0.5) is 0 Å². The van der Waals surface area contributed by atoms with Crippen LogP contribution in [-0.2, 0) is 14.3 Å². The Labute approximate surface area is 127 Å². The molecule has 21 heavy (non-hydrogen) atoms. The SMILES string of the molecule is CC(C)C(=O)N1CCOC2(CCCCN(C(C)C)C2=O)C1. The maximum Gasteiger partial charge on any atom is 0.256 e. The van der Waals surface area contributed by atoms with Crippen molar-refractivity contribution in [3.8, 4) is 0 Å². The molecule has 0 aromatic heterocycles. The number of carbonyl (C=O) groups is 2. The molecule has 5 heteroatoms.